The molecule has 1 atom stereocenters. The van der Waals surface area contributed by atoms with Crippen LogP contribution in [-0.2, 0) is 19.1 Å². The van der Waals surface area contributed by atoms with Crippen molar-refractivity contribution in [3.63, 3.8) is 0 Å². The smallest absolute Gasteiger partial charge is 0.329 e. The van der Waals surface area contributed by atoms with Gasteiger partial charge in [0.05, 0.1) is 34.6 Å². The van der Waals surface area contributed by atoms with Gasteiger partial charge in [0.1, 0.15) is 0 Å². The van der Waals surface area contributed by atoms with E-state index in [0.717, 1.165) is 12.8 Å². The summed E-state index contributed by atoms with van der Waals surface area (Å²) in [5, 5.41) is 9.40. The van der Waals surface area contributed by atoms with Crippen molar-refractivity contribution in [2.75, 3.05) is 32.2 Å². The minimum absolute atomic E-state index is 0.0667. The van der Waals surface area contributed by atoms with Crippen molar-refractivity contribution < 1.29 is 28.6 Å². The molecule has 1 aliphatic rings. The Bertz CT molecular complexity index is 1110. The maximum Gasteiger partial charge on any atom is 0.329 e. The van der Waals surface area contributed by atoms with Crippen molar-refractivity contribution in [3.8, 4) is 11.5 Å². The maximum absolute atomic E-state index is 12.2. The predicted octanol–water partition coefficient (Wildman–Crippen LogP) is 2.87. The zero-order chi connectivity index (χ0) is 25.2. The molecule has 3 rings (SSSR count). The molecule has 1 heterocycles. The summed E-state index contributed by atoms with van der Waals surface area (Å²) < 4.78 is 16.9. The molecule has 35 heavy (non-hydrogen) atoms. The van der Waals surface area contributed by atoms with Gasteiger partial charge in [0.25, 0.3) is 5.91 Å². The third-order valence-electron chi connectivity index (χ3n) is 4.85. The molecule has 186 valence electrons. The molecule has 0 radical (unpaired) electrons. The molecule has 3 N–H and O–H groups in total. The lowest BCUT2D eigenvalue weighted by molar-refractivity contribution is -0.139. The number of benzene rings is 2. The van der Waals surface area contributed by atoms with Crippen LogP contribution in [-0.4, -0.2) is 56.9 Å². The number of hydrogen-bond acceptors (Lipinski definition) is 7. The minimum Gasteiger partial charge on any atom is -0.493 e. The highest BCUT2D eigenvalue weighted by atomic mass is 79.9. The largest absolute Gasteiger partial charge is 0.493 e. The van der Waals surface area contributed by atoms with Gasteiger partial charge in [-0.05, 0) is 58.6 Å². The average molecular weight is 568 g/mol. The topological polar surface area (TPSA) is 127 Å². The number of hydrazone groups is 1. The number of ether oxygens (including phenoxy) is 3. The van der Waals surface area contributed by atoms with Crippen LogP contribution in [0.25, 0.3) is 0 Å². The summed E-state index contributed by atoms with van der Waals surface area (Å²) in [7, 11) is 1.44. The number of para-hydroxylation sites is 1. The molecule has 1 saturated heterocycles. The number of amides is 3. The van der Waals surface area contributed by atoms with E-state index >= 15 is 0 Å². The molecule has 2 aromatic carbocycles. The molecule has 0 aliphatic carbocycles. The van der Waals surface area contributed by atoms with Crippen LogP contribution in [0.3, 0.4) is 0 Å². The zero-order valence-electron chi connectivity index (χ0n) is 18.8. The van der Waals surface area contributed by atoms with Crippen molar-refractivity contribution in [3.05, 3.63) is 51.5 Å². The number of nitrogens with zero attached hydrogens (tertiary/aromatic N) is 1. The van der Waals surface area contributed by atoms with Gasteiger partial charge < -0.3 is 24.8 Å². The Morgan fingerprint density at radius 2 is 2.06 bits per heavy atom. The molecule has 10 nitrogen and oxygen atoms in total. The Balaban J connectivity index is 1.53. The van der Waals surface area contributed by atoms with Crippen LogP contribution in [0.15, 0.2) is 46.0 Å². The summed E-state index contributed by atoms with van der Waals surface area (Å²) in [6.07, 6.45) is 3.06. The number of carbonyl (C=O) groups excluding carboxylic acids is 3. The number of halogens is 2. The molecule has 0 aromatic heterocycles. The second-order valence-electron chi connectivity index (χ2n) is 7.39. The second kappa shape index (κ2) is 13.1. The van der Waals surface area contributed by atoms with Gasteiger partial charge in [0.2, 0.25) is 0 Å². The standard InChI is InChI=1S/C23H24BrClN4O6/c1-33-19-10-14(11-27-29-23(32)22(31)26-12-15-5-4-8-34-15)9-16(24)21(19)35-13-20(30)28-18-7-3-2-6-17(18)25/h2-3,6-7,9-11,15H,4-5,8,12-13H2,1H3,(H,26,31)(H,28,30)(H,29,32)/b27-11-/t15-/m1/s1. The van der Waals surface area contributed by atoms with E-state index in [0.29, 0.717) is 38.9 Å². The molecular formula is C23H24BrClN4O6. The summed E-state index contributed by atoms with van der Waals surface area (Å²) in [4.78, 5) is 36.0. The van der Waals surface area contributed by atoms with Gasteiger partial charge in [-0.15, -0.1) is 0 Å². The lowest BCUT2D eigenvalue weighted by Crippen LogP contribution is -2.41. The molecule has 0 bridgehead atoms. The van der Waals surface area contributed by atoms with Gasteiger partial charge in [-0.3, -0.25) is 14.4 Å². The number of carbonyl (C=O) groups is 3. The first-order valence-corrected chi connectivity index (χ1v) is 11.8. The molecule has 1 aliphatic heterocycles. The van der Waals surface area contributed by atoms with E-state index in [1.807, 2.05) is 0 Å². The Morgan fingerprint density at radius 1 is 1.26 bits per heavy atom. The maximum atomic E-state index is 12.2. The van der Waals surface area contributed by atoms with Crippen LogP contribution in [0.5, 0.6) is 11.5 Å². The third kappa shape index (κ3) is 7.94. The fraction of sp³-hybridized carbons (Fsp3) is 0.304. The van der Waals surface area contributed by atoms with E-state index in [-0.39, 0.29) is 19.3 Å². The van der Waals surface area contributed by atoms with E-state index < -0.39 is 17.7 Å². The normalized spacial score (nSPS) is 15.0. The molecule has 0 saturated carbocycles. The van der Waals surface area contributed by atoms with Crippen molar-refractivity contribution in [2.45, 2.75) is 18.9 Å². The van der Waals surface area contributed by atoms with Gasteiger partial charge in [-0.25, -0.2) is 5.43 Å². The first-order chi connectivity index (χ1) is 16.9. The third-order valence-corrected chi connectivity index (χ3v) is 5.77. The number of anilines is 1. The fourth-order valence-electron chi connectivity index (χ4n) is 3.15. The Labute approximate surface area is 215 Å². The van der Waals surface area contributed by atoms with Crippen molar-refractivity contribution in [2.24, 2.45) is 5.10 Å². The second-order valence-corrected chi connectivity index (χ2v) is 8.66. The van der Waals surface area contributed by atoms with Gasteiger partial charge in [0.15, 0.2) is 18.1 Å². The Morgan fingerprint density at radius 3 is 2.77 bits per heavy atom. The predicted molar refractivity (Wildman–Crippen MR) is 134 cm³/mol. The minimum atomic E-state index is -0.894. The van der Waals surface area contributed by atoms with E-state index in [9.17, 15) is 14.4 Å². The highest BCUT2D eigenvalue weighted by molar-refractivity contribution is 9.10. The van der Waals surface area contributed by atoms with Gasteiger partial charge in [-0.2, -0.15) is 5.10 Å². The van der Waals surface area contributed by atoms with Gasteiger partial charge >= 0.3 is 11.8 Å². The lowest BCUT2D eigenvalue weighted by Gasteiger charge is -2.14. The highest BCUT2D eigenvalue weighted by Crippen LogP contribution is 2.36. The van der Waals surface area contributed by atoms with Crippen molar-refractivity contribution >= 4 is 57.2 Å². The van der Waals surface area contributed by atoms with Crippen LogP contribution in [0.4, 0.5) is 5.69 Å². The molecule has 1 fully saturated rings. The number of rotatable bonds is 9. The molecule has 0 unspecified atom stereocenters. The molecule has 3 amide bonds. The quantitative estimate of drug-likeness (QED) is 0.243. The SMILES string of the molecule is COc1cc(/C=N\NC(=O)C(=O)NC[C@H]2CCCO2)cc(Br)c1OCC(=O)Nc1ccccc1Cl. The van der Waals surface area contributed by atoms with Crippen molar-refractivity contribution in [1.82, 2.24) is 10.7 Å². The number of methoxy groups -OCH3 is 1. The summed E-state index contributed by atoms with van der Waals surface area (Å²) >= 11 is 9.43. The van der Waals surface area contributed by atoms with Crippen LogP contribution in [0.1, 0.15) is 18.4 Å². The number of hydrogen-bond donors (Lipinski definition) is 3. The Kier molecular flexibility index (Phi) is 9.88. The van der Waals surface area contributed by atoms with Crippen molar-refractivity contribution in [1.29, 1.82) is 0 Å². The first kappa shape index (κ1) is 26.5. The summed E-state index contributed by atoms with van der Waals surface area (Å²) in [6.45, 7) is 0.651. The van der Waals surface area contributed by atoms with E-state index in [4.69, 9.17) is 25.8 Å². The zero-order valence-corrected chi connectivity index (χ0v) is 21.1. The molecule has 0 spiro atoms. The summed E-state index contributed by atoms with van der Waals surface area (Å²) in [6, 6.07) is 10.1. The summed E-state index contributed by atoms with van der Waals surface area (Å²) in [5.41, 5.74) is 3.19. The molecule has 12 heteroatoms. The van der Waals surface area contributed by atoms with E-state index in [1.54, 1.807) is 36.4 Å². The van der Waals surface area contributed by atoms with E-state index in [2.05, 4.69) is 37.1 Å². The first-order valence-electron chi connectivity index (χ1n) is 10.6. The van der Waals surface area contributed by atoms with Crippen LogP contribution < -0.4 is 25.5 Å². The number of nitrogens with one attached hydrogen (secondary N) is 3. The lowest BCUT2D eigenvalue weighted by atomic mass is 10.2. The van der Waals surface area contributed by atoms with Crippen LogP contribution >= 0.6 is 27.5 Å². The fourth-order valence-corrected chi connectivity index (χ4v) is 3.91. The highest BCUT2D eigenvalue weighted by Gasteiger charge is 2.19. The van der Waals surface area contributed by atoms with Crippen LogP contribution in [0.2, 0.25) is 5.02 Å². The summed E-state index contributed by atoms with van der Waals surface area (Å²) in [5.74, 6) is -1.47. The van der Waals surface area contributed by atoms with Gasteiger partial charge in [-0.1, -0.05) is 23.7 Å². The monoisotopic (exact) mass is 566 g/mol. The Hall–Kier alpha value is -3.15. The average Bonchev–Trinajstić information content (AvgIpc) is 3.36. The van der Waals surface area contributed by atoms with E-state index in [1.165, 1.54) is 13.3 Å². The molecule has 2 aromatic rings. The van der Waals surface area contributed by atoms with Gasteiger partial charge in [0, 0.05) is 13.2 Å². The van der Waals surface area contributed by atoms with Crippen LogP contribution in [0, 0.1) is 0 Å². The molecular weight excluding hydrogens is 544 g/mol.